The van der Waals surface area contributed by atoms with E-state index in [9.17, 15) is 0 Å². The maximum Gasteiger partial charge on any atom is 0.0629 e. The first-order valence-electron chi connectivity index (χ1n) is 23.4. The maximum atomic E-state index is 9.11. The Morgan fingerprint density at radius 3 is 1.57 bits per heavy atom. The normalized spacial score (nSPS) is 13.7. The summed E-state index contributed by atoms with van der Waals surface area (Å²) in [4.78, 5) is 2.23. The Hall–Kier alpha value is -7.42. The predicted molar refractivity (Wildman–Crippen MR) is 237 cm³/mol. The molecule has 0 fully saturated rings. The van der Waals surface area contributed by atoms with Crippen LogP contribution in [-0.2, 0) is 0 Å². The van der Waals surface area contributed by atoms with E-state index >= 15 is 0 Å². The summed E-state index contributed by atoms with van der Waals surface area (Å²) in [6.07, 6.45) is 0. The van der Waals surface area contributed by atoms with E-state index in [4.69, 9.17) is 13.7 Å². The molecule has 9 aromatic carbocycles. The van der Waals surface area contributed by atoms with Gasteiger partial charge in [-0.1, -0.05) is 170 Å². The minimum atomic E-state index is -0.546. The zero-order chi connectivity index (χ0) is 46.0. The van der Waals surface area contributed by atoms with Crippen molar-refractivity contribution in [1.82, 2.24) is 4.57 Å². The van der Waals surface area contributed by atoms with Crippen molar-refractivity contribution in [2.24, 2.45) is 0 Å². The van der Waals surface area contributed by atoms with Gasteiger partial charge in [0.25, 0.3) is 0 Å². The SMILES string of the molecule is [2H]c1c([2H])c([2H])c(-c2ccc(-n3c4ccccc4c4ccc(-c5cccc(N(c6ccccc6)c6cccc(-c7ccccc7)c6)c5)cc43)c(-c3c([2H])c([2H])c([2H])c([2H])c3[2H])c2)c([2H])c1[2H]. The van der Waals surface area contributed by atoms with Crippen LogP contribution in [0.5, 0.6) is 0 Å². The molecule has 10 aromatic rings. The van der Waals surface area contributed by atoms with Gasteiger partial charge in [-0.05, 0) is 99.6 Å². The molecule has 0 aliphatic heterocycles. The molecule has 2 heteroatoms. The number of hydrogen-bond acceptors (Lipinski definition) is 1. The summed E-state index contributed by atoms with van der Waals surface area (Å²) >= 11 is 0. The van der Waals surface area contributed by atoms with E-state index in [-0.39, 0.29) is 22.3 Å². The lowest BCUT2D eigenvalue weighted by Gasteiger charge is -2.26. The second kappa shape index (κ2) is 14.4. The molecule has 0 atom stereocenters. The van der Waals surface area contributed by atoms with E-state index in [1.807, 2.05) is 71.3 Å². The topological polar surface area (TPSA) is 8.17 Å². The molecule has 0 bridgehead atoms. The summed E-state index contributed by atoms with van der Waals surface area (Å²) in [5.41, 5.74) is 9.30. The lowest BCUT2D eigenvalue weighted by Crippen LogP contribution is -2.10. The molecule has 0 N–H and O–H groups in total. The largest absolute Gasteiger partial charge is 0.310 e. The summed E-state index contributed by atoms with van der Waals surface area (Å²) in [6, 6.07) is 51.5. The summed E-state index contributed by atoms with van der Waals surface area (Å²) < 4.78 is 88.5. The van der Waals surface area contributed by atoms with Crippen LogP contribution < -0.4 is 4.90 Å². The van der Waals surface area contributed by atoms with E-state index in [1.165, 1.54) is 0 Å². The summed E-state index contributed by atoms with van der Waals surface area (Å²) in [7, 11) is 0. The monoisotopic (exact) mass is 724 g/mol. The van der Waals surface area contributed by atoms with Gasteiger partial charge in [-0.3, -0.25) is 0 Å². The van der Waals surface area contributed by atoms with Crippen molar-refractivity contribution in [1.29, 1.82) is 0 Å². The number of anilines is 3. The molecule has 0 saturated carbocycles. The Morgan fingerprint density at radius 1 is 0.339 bits per heavy atom. The fraction of sp³-hybridized carbons (Fsp3) is 0. The van der Waals surface area contributed by atoms with Crippen LogP contribution in [0.3, 0.4) is 0 Å². The first-order valence-corrected chi connectivity index (χ1v) is 18.4. The Kier molecular flexibility index (Phi) is 6.21. The second-order valence-electron chi connectivity index (χ2n) is 13.5. The third kappa shape index (κ3) is 6.14. The molecular formula is C54H38N2. The van der Waals surface area contributed by atoms with E-state index in [0.29, 0.717) is 5.69 Å². The third-order valence-electron chi connectivity index (χ3n) is 10.1. The van der Waals surface area contributed by atoms with Crippen LogP contribution in [0.2, 0.25) is 0 Å². The Morgan fingerprint density at radius 2 is 0.857 bits per heavy atom. The van der Waals surface area contributed by atoms with Gasteiger partial charge in [-0.2, -0.15) is 0 Å². The molecule has 0 unspecified atom stereocenters. The number of rotatable bonds is 8. The minimum absolute atomic E-state index is 0.0677. The average molecular weight is 725 g/mol. The third-order valence-corrected chi connectivity index (χ3v) is 10.1. The van der Waals surface area contributed by atoms with E-state index in [2.05, 4.69) is 89.8 Å². The van der Waals surface area contributed by atoms with Crippen molar-refractivity contribution >= 4 is 38.9 Å². The van der Waals surface area contributed by atoms with Gasteiger partial charge in [0.05, 0.1) is 30.4 Å². The highest BCUT2D eigenvalue weighted by Crippen LogP contribution is 2.41. The zero-order valence-electron chi connectivity index (χ0n) is 40.1. The smallest absolute Gasteiger partial charge is 0.0629 e. The molecular weight excluding hydrogens is 677 g/mol. The fourth-order valence-electron chi connectivity index (χ4n) is 7.58. The maximum absolute atomic E-state index is 9.11. The molecule has 0 aliphatic carbocycles. The number of hydrogen-bond donors (Lipinski definition) is 0. The molecule has 0 amide bonds. The van der Waals surface area contributed by atoms with Crippen molar-refractivity contribution in [3.63, 3.8) is 0 Å². The van der Waals surface area contributed by atoms with Crippen LogP contribution in [0, 0.1) is 0 Å². The standard InChI is InChI=1S/C54H38N2/c1-5-17-39(18-6-1)42-23-15-27-47(35-42)55(46-25-11-4-12-26-46)48-28-16-24-43(36-48)45-31-33-50-49-29-13-14-30-52(49)56(54(50)38-45)53-34-32-44(40-19-7-2-8-20-40)37-51(53)41-21-9-3-10-22-41/h1-38H/i2D,3D,7D,8D,9D,10D,19D,20D,21D,22D. The van der Waals surface area contributed by atoms with Crippen molar-refractivity contribution in [3.05, 3.63) is 230 Å². The van der Waals surface area contributed by atoms with E-state index < -0.39 is 60.4 Å². The van der Waals surface area contributed by atoms with Gasteiger partial charge in [0.15, 0.2) is 0 Å². The van der Waals surface area contributed by atoms with Crippen molar-refractivity contribution in [2.45, 2.75) is 0 Å². The van der Waals surface area contributed by atoms with Crippen LogP contribution in [-0.4, -0.2) is 4.57 Å². The Balaban J connectivity index is 1.19. The average Bonchev–Trinajstić information content (AvgIpc) is 3.68. The number of fused-ring (bicyclic) bond motifs is 3. The summed E-state index contributed by atoms with van der Waals surface area (Å²) in [5, 5.41) is 1.83. The van der Waals surface area contributed by atoms with Crippen molar-refractivity contribution < 1.29 is 13.7 Å². The highest BCUT2D eigenvalue weighted by Gasteiger charge is 2.19. The van der Waals surface area contributed by atoms with Gasteiger partial charge < -0.3 is 9.47 Å². The Bertz CT molecular complexity index is 3490. The van der Waals surface area contributed by atoms with Gasteiger partial charge in [0, 0.05) is 33.4 Å². The highest BCUT2D eigenvalue weighted by molar-refractivity contribution is 6.11. The molecule has 2 nitrogen and oxygen atoms in total. The van der Waals surface area contributed by atoms with Gasteiger partial charge in [0.1, 0.15) is 0 Å². The lowest BCUT2D eigenvalue weighted by molar-refractivity contribution is 1.18. The molecule has 1 aromatic heterocycles. The van der Waals surface area contributed by atoms with Crippen LogP contribution in [0.4, 0.5) is 17.1 Å². The minimum Gasteiger partial charge on any atom is -0.310 e. The molecule has 1 heterocycles. The van der Waals surface area contributed by atoms with Crippen LogP contribution in [0.15, 0.2) is 230 Å². The molecule has 0 spiro atoms. The van der Waals surface area contributed by atoms with Gasteiger partial charge in [0.2, 0.25) is 0 Å². The quantitative estimate of drug-likeness (QED) is 0.151. The van der Waals surface area contributed by atoms with Crippen molar-refractivity contribution in [2.75, 3.05) is 4.90 Å². The predicted octanol–water partition coefficient (Wildman–Crippen LogP) is 14.9. The summed E-state index contributed by atoms with van der Waals surface area (Å²) in [5.74, 6) is 0. The first-order chi connectivity index (χ1) is 31.9. The number of aromatic nitrogens is 1. The molecule has 264 valence electrons. The molecule has 0 saturated heterocycles. The fourth-order valence-corrected chi connectivity index (χ4v) is 7.58. The van der Waals surface area contributed by atoms with Crippen LogP contribution in [0.25, 0.3) is 72.0 Å². The number of para-hydroxylation sites is 2. The number of benzene rings is 9. The van der Waals surface area contributed by atoms with Crippen LogP contribution in [0.1, 0.15) is 13.7 Å². The highest BCUT2D eigenvalue weighted by atomic mass is 15.1. The van der Waals surface area contributed by atoms with Gasteiger partial charge in [-0.25, -0.2) is 0 Å². The van der Waals surface area contributed by atoms with E-state index in [1.54, 1.807) is 18.2 Å². The summed E-state index contributed by atoms with van der Waals surface area (Å²) in [6.45, 7) is 0. The number of nitrogens with zero attached hydrogens (tertiary/aromatic N) is 2. The van der Waals surface area contributed by atoms with Gasteiger partial charge in [-0.15, -0.1) is 0 Å². The first kappa shape index (κ1) is 24.1. The van der Waals surface area contributed by atoms with Gasteiger partial charge >= 0.3 is 0 Å². The van der Waals surface area contributed by atoms with Crippen molar-refractivity contribution in [3.8, 4) is 50.2 Å². The molecule has 0 radical (unpaired) electrons. The molecule has 56 heavy (non-hydrogen) atoms. The molecule has 0 aliphatic rings. The zero-order valence-corrected chi connectivity index (χ0v) is 30.1. The molecule has 10 rings (SSSR count). The lowest BCUT2D eigenvalue weighted by atomic mass is 9.97. The van der Waals surface area contributed by atoms with E-state index in [0.717, 1.165) is 61.1 Å². The van der Waals surface area contributed by atoms with Crippen LogP contribution >= 0.6 is 0 Å². The second-order valence-corrected chi connectivity index (χ2v) is 13.5. The Labute approximate surface area is 341 Å².